The second kappa shape index (κ2) is 9.97. The van der Waals surface area contributed by atoms with E-state index < -0.39 is 31.0 Å². The zero-order chi connectivity index (χ0) is 26.0. The van der Waals surface area contributed by atoms with Crippen LogP contribution >= 0.6 is 7.49 Å². The molecule has 35 heavy (non-hydrogen) atoms. The quantitative estimate of drug-likeness (QED) is 0.272. The van der Waals surface area contributed by atoms with Crippen molar-refractivity contribution in [3.05, 3.63) is 66.0 Å². The van der Waals surface area contributed by atoms with Crippen LogP contribution in [0.5, 0.6) is 0 Å². The number of alkyl halides is 3. The molecular weight excluding hydrogens is 480 g/mol. The van der Waals surface area contributed by atoms with E-state index in [1.165, 1.54) is 6.07 Å². The first-order valence-electron chi connectivity index (χ1n) is 10.5. The van der Waals surface area contributed by atoms with E-state index in [-0.39, 0.29) is 17.3 Å². The molecule has 0 aliphatic heterocycles. The summed E-state index contributed by atoms with van der Waals surface area (Å²) in [5.41, 5.74) is 1.87. The van der Waals surface area contributed by atoms with Gasteiger partial charge < -0.3 is 0 Å². The van der Waals surface area contributed by atoms with Crippen molar-refractivity contribution in [2.45, 2.75) is 20.0 Å². The Morgan fingerprint density at radius 1 is 1.06 bits per heavy atom. The van der Waals surface area contributed by atoms with Gasteiger partial charge >= 0.3 is 176 Å². The molecule has 2 heterocycles. The van der Waals surface area contributed by atoms with E-state index in [2.05, 4.69) is 37.5 Å². The number of amides is 1. The number of aromatic nitrogens is 3. The summed E-state index contributed by atoms with van der Waals surface area (Å²) in [5.74, 6) is -1.11. The van der Waals surface area contributed by atoms with Gasteiger partial charge in [0.05, 0.1) is 0 Å². The predicted octanol–water partition coefficient (Wildman–Crippen LogP) is 4.66. The van der Waals surface area contributed by atoms with Crippen LogP contribution in [-0.4, -0.2) is 39.1 Å². The number of benzene rings is 1. The fourth-order valence-electron chi connectivity index (χ4n) is 3.04. The standard InChI is InChI=1S/C23H26F3N6O2P/c1-6-19(33)29-18-9-13(2)7-8-16(18)30-21-15(23(24,25)26)12-28-22(32-21)31-17-10-20(35(4,5)34)27-11-14(17)3/h6-12,34-35H,1H2,2-5H3,(H,29,33)(H2,27,28,30,31,32). The van der Waals surface area contributed by atoms with Crippen molar-refractivity contribution >= 4 is 47.7 Å². The first-order valence-corrected chi connectivity index (χ1v) is 13.4. The molecule has 3 rings (SSSR count). The molecule has 0 fully saturated rings. The molecule has 0 bridgehead atoms. The summed E-state index contributed by atoms with van der Waals surface area (Å²) in [4.78, 5) is 34.3. The molecule has 0 radical (unpaired) electrons. The minimum absolute atomic E-state index is 0.0954. The van der Waals surface area contributed by atoms with Crippen molar-refractivity contribution < 1.29 is 22.9 Å². The van der Waals surface area contributed by atoms with Gasteiger partial charge in [-0.15, -0.1) is 0 Å². The molecule has 1 amide bonds. The molecule has 12 heteroatoms. The van der Waals surface area contributed by atoms with Gasteiger partial charge in [-0.3, -0.25) is 4.79 Å². The Bertz CT molecular complexity index is 1280. The number of carbonyl (C=O) groups is 1. The first kappa shape index (κ1) is 26.1. The van der Waals surface area contributed by atoms with Crippen LogP contribution in [0.3, 0.4) is 0 Å². The molecular formula is C23H26F3N6O2P. The number of carbonyl (C=O) groups excluding carboxylic acids is 1. The molecule has 0 spiro atoms. The van der Waals surface area contributed by atoms with E-state index in [0.29, 0.717) is 22.9 Å². The fourth-order valence-corrected chi connectivity index (χ4v) is 3.92. The number of nitrogens with zero attached hydrogens (tertiary/aromatic N) is 3. The van der Waals surface area contributed by atoms with Gasteiger partial charge in [-0.1, -0.05) is 6.58 Å². The molecule has 1 aromatic carbocycles. The van der Waals surface area contributed by atoms with Crippen molar-refractivity contribution in [3.63, 3.8) is 0 Å². The van der Waals surface area contributed by atoms with Crippen LogP contribution in [0.1, 0.15) is 16.7 Å². The minimum atomic E-state index is -4.73. The monoisotopic (exact) mass is 506 g/mol. The molecule has 0 aliphatic rings. The van der Waals surface area contributed by atoms with Gasteiger partial charge in [0, 0.05) is 0 Å². The molecule has 0 atom stereocenters. The normalized spacial score (nSPS) is 12.1. The number of aryl methyl sites for hydroxylation is 2. The van der Waals surface area contributed by atoms with Gasteiger partial charge in [0.2, 0.25) is 0 Å². The number of rotatable bonds is 7. The van der Waals surface area contributed by atoms with E-state index in [0.717, 1.165) is 11.6 Å². The SMILES string of the molecule is C=CC(=O)Nc1cc(C)ccc1Nc1nc(Nc2cc([PH](C)(C)O)ncc2C)ncc1C(F)(F)F. The molecule has 0 unspecified atom stereocenters. The second-order valence-electron chi connectivity index (χ2n) is 8.39. The molecule has 8 nitrogen and oxygen atoms in total. The molecule has 3 aromatic rings. The van der Waals surface area contributed by atoms with Gasteiger partial charge in [-0.05, 0) is 13.0 Å². The van der Waals surface area contributed by atoms with Crippen molar-refractivity contribution in [2.75, 3.05) is 29.3 Å². The van der Waals surface area contributed by atoms with Crippen molar-refractivity contribution in [1.82, 2.24) is 15.0 Å². The number of hydrogen-bond acceptors (Lipinski definition) is 7. The number of nitrogens with one attached hydrogen (secondary N) is 3. The Morgan fingerprint density at radius 2 is 1.77 bits per heavy atom. The third kappa shape index (κ3) is 6.52. The average Bonchev–Trinajstić information content (AvgIpc) is 2.75. The Morgan fingerprint density at radius 3 is 2.40 bits per heavy atom. The molecule has 186 valence electrons. The molecule has 0 saturated carbocycles. The topological polar surface area (TPSA) is 112 Å². The van der Waals surface area contributed by atoms with Crippen LogP contribution in [0.15, 0.2) is 49.3 Å². The van der Waals surface area contributed by atoms with Crippen molar-refractivity contribution in [2.24, 2.45) is 0 Å². The average molecular weight is 506 g/mol. The second-order valence-corrected chi connectivity index (χ2v) is 12.0. The summed E-state index contributed by atoms with van der Waals surface area (Å²) in [6, 6.07) is 6.47. The number of halogens is 3. The zero-order valence-electron chi connectivity index (χ0n) is 19.6. The van der Waals surface area contributed by atoms with Gasteiger partial charge in [-0.25, -0.2) is 0 Å². The number of pyridine rings is 1. The molecule has 0 aliphatic carbocycles. The van der Waals surface area contributed by atoms with Crippen LogP contribution in [-0.2, 0) is 11.0 Å². The first-order chi connectivity index (χ1) is 16.3. The zero-order valence-corrected chi connectivity index (χ0v) is 20.6. The summed E-state index contributed by atoms with van der Waals surface area (Å²) in [5, 5.41) is 8.16. The van der Waals surface area contributed by atoms with Crippen LogP contribution < -0.4 is 21.4 Å². The van der Waals surface area contributed by atoms with E-state index in [1.54, 1.807) is 51.6 Å². The van der Waals surface area contributed by atoms with Crippen molar-refractivity contribution in [1.29, 1.82) is 0 Å². The van der Waals surface area contributed by atoms with E-state index in [9.17, 15) is 22.9 Å². The van der Waals surface area contributed by atoms with Crippen LogP contribution in [0.2, 0.25) is 0 Å². The van der Waals surface area contributed by atoms with Gasteiger partial charge in [0.25, 0.3) is 0 Å². The third-order valence-corrected chi connectivity index (χ3v) is 6.47. The Hall–Kier alpha value is -3.56. The maximum atomic E-state index is 13.7. The Kier molecular flexibility index (Phi) is 7.42. The van der Waals surface area contributed by atoms with Crippen LogP contribution in [0.4, 0.5) is 42.0 Å². The number of anilines is 5. The Labute approximate surface area is 201 Å². The maximum absolute atomic E-state index is 13.7. The van der Waals surface area contributed by atoms with E-state index in [1.807, 2.05) is 0 Å². The summed E-state index contributed by atoms with van der Waals surface area (Å²) in [6.07, 6.45) is -1.44. The van der Waals surface area contributed by atoms with Crippen molar-refractivity contribution in [3.8, 4) is 0 Å². The molecule has 4 N–H and O–H groups in total. The molecule has 0 saturated heterocycles. The fraction of sp³-hybridized carbons (Fsp3) is 0.217. The Balaban J connectivity index is 2.04. The molecule has 2 aromatic heterocycles. The number of hydrogen-bond donors (Lipinski definition) is 4. The van der Waals surface area contributed by atoms with E-state index in [4.69, 9.17) is 0 Å². The predicted molar refractivity (Wildman–Crippen MR) is 135 cm³/mol. The van der Waals surface area contributed by atoms with Gasteiger partial charge in [-0.2, -0.15) is 0 Å². The summed E-state index contributed by atoms with van der Waals surface area (Å²) < 4.78 is 41.2. The van der Waals surface area contributed by atoms with Crippen LogP contribution in [0.25, 0.3) is 0 Å². The summed E-state index contributed by atoms with van der Waals surface area (Å²) in [6.45, 7) is 10.3. The summed E-state index contributed by atoms with van der Waals surface area (Å²) >= 11 is 0. The summed E-state index contributed by atoms with van der Waals surface area (Å²) in [7, 11) is -2.72. The van der Waals surface area contributed by atoms with Crippen LogP contribution in [0, 0.1) is 13.8 Å². The van der Waals surface area contributed by atoms with E-state index >= 15 is 0 Å². The van der Waals surface area contributed by atoms with Gasteiger partial charge in [0.1, 0.15) is 0 Å². The van der Waals surface area contributed by atoms with Gasteiger partial charge in [0.15, 0.2) is 0 Å². The third-order valence-electron chi connectivity index (χ3n) is 4.94.